The maximum Gasteiger partial charge on any atom is 0.159 e. The van der Waals surface area contributed by atoms with Gasteiger partial charge in [0.1, 0.15) is 5.82 Å². The lowest BCUT2D eigenvalue weighted by Crippen LogP contribution is -2.13. The van der Waals surface area contributed by atoms with Gasteiger partial charge in [-0.25, -0.2) is 13.2 Å². The van der Waals surface area contributed by atoms with Crippen molar-refractivity contribution in [2.45, 2.75) is 22.8 Å². The van der Waals surface area contributed by atoms with Gasteiger partial charge < -0.3 is 5.32 Å². The Labute approximate surface area is 120 Å². The van der Waals surface area contributed by atoms with E-state index in [0.717, 1.165) is 29.5 Å². The molecule has 20 heavy (non-hydrogen) atoms. The molecule has 2 aromatic carbocycles. The first-order chi connectivity index (χ1) is 9.52. The summed E-state index contributed by atoms with van der Waals surface area (Å²) in [6.07, 6.45) is 0. The average molecular weight is 297 g/mol. The van der Waals surface area contributed by atoms with E-state index in [1.807, 2.05) is 13.0 Å². The molecule has 1 N–H and O–H groups in total. The van der Waals surface area contributed by atoms with Gasteiger partial charge in [0.15, 0.2) is 11.6 Å². The molecule has 106 valence electrons. The van der Waals surface area contributed by atoms with Crippen LogP contribution in [0.2, 0.25) is 0 Å². The van der Waals surface area contributed by atoms with E-state index in [2.05, 4.69) is 5.32 Å². The number of benzene rings is 2. The van der Waals surface area contributed by atoms with Crippen LogP contribution in [0.5, 0.6) is 0 Å². The second kappa shape index (κ2) is 6.33. The van der Waals surface area contributed by atoms with E-state index in [1.54, 1.807) is 13.1 Å². The highest BCUT2D eigenvalue weighted by atomic mass is 32.2. The van der Waals surface area contributed by atoms with Crippen LogP contribution in [-0.4, -0.2) is 7.05 Å². The van der Waals surface area contributed by atoms with E-state index in [-0.39, 0.29) is 11.9 Å². The van der Waals surface area contributed by atoms with E-state index < -0.39 is 11.6 Å². The van der Waals surface area contributed by atoms with Gasteiger partial charge in [-0.3, -0.25) is 0 Å². The lowest BCUT2D eigenvalue weighted by atomic mass is 10.1. The summed E-state index contributed by atoms with van der Waals surface area (Å²) in [6, 6.07) is 8.30. The molecule has 2 rings (SSSR count). The Morgan fingerprint density at radius 2 is 1.75 bits per heavy atom. The number of halogens is 3. The molecule has 5 heteroatoms. The standard InChI is InChI=1S/C15H14F3NS/c1-9(19-2)11-4-3-5-13(17)15(11)20-10-6-7-12(16)14(18)8-10/h3-9,19H,1-2H3. The molecule has 0 radical (unpaired) electrons. The minimum atomic E-state index is -0.936. The molecule has 1 atom stereocenters. The molecule has 0 heterocycles. The van der Waals surface area contributed by atoms with Gasteiger partial charge in [0.25, 0.3) is 0 Å². The van der Waals surface area contributed by atoms with Crippen LogP contribution < -0.4 is 5.32 Å². The summed E-state index contributed by atoms with van der Waals surface area (Å²) in [4.78, 5) is 0.874. The van der Waals surface area contributed by atoms with Crippen molar-refractivity contribution >= 4 is 11.8 Å². The smallest absolute Gasteiger partial charge is 0.159 e. The van der Waals surface area contributed by atoms with Crippen LogP contribution in [0.25, 0.3) is 0 Å². The van der Waals surface area contributed by atoms with E-state index in [9.17, 15) is 13.2 Å². The van der Waals surface area contributed by atoms with Crippen molar-refractivity contribution in [1.82, 2.24) is 5.32 Å². The van der Waals surface area contributed by atoms with E-state index >= 15 is 0 Å². The second-order valence-corrected chi connectivity index (χ2v) is 5.43. The largest absolute Gasteiger partial charge is 0.313 e. The van der Waals surface area contributed by atoms with Gasteiger partial charge in [-0.2, -0.15) is 0 Å². The van der Waals surface area contributed by atoms with Crippen LogP contribution in [0.1, 0.15) is 18.5 Å². The lowest BCUT2D eigenvalue weighted by molar-refractivity contribution is 0.506. The van der Waals surface area contributed by atoms with Crippen LogP contribution in [0.4, 0.5) is 13.2 Å². The SMILES string of the molecule is CNC(C)c1cccc(F)c1Sc1ccc(F)c(F)c1. The molecule has 0 bridgehead atoms. The Bertz CT molecular complexity index is 616. The molecule has 0 amide bonds. The Morgan fingerprint density at radius 3 is 2.40 bits per heavy atom. The fourth-order valence-corrected chi connectivity index (χ4v) is 2.85. The summed E-state index contributed by atoms with van der Waals surface area (Å²) in [7, 11) is 1.78. The van der Waals surface area contributed by atoms with Gasteiger partial charge in [-0.15, -0.1) is 0 Å². The summed E-state index contributed by atoms with van der Waals surface area (Å²) >= 11 is 1.09. The van der Waals surface area contributed by atoms with Gasteiger partial charge in [0, 0.05) is 10.9 Å². The number of rotatable bonds is 4. The van der Waals surface area contributed by atoms with Crippen LogP contribution >= 0.6 is 11.8 Å². The normalized spacial score (nSPS) is 12.4. The molecule has 1 unspecified atom stereocenters. The molecule has 0 aliphatic carbocycles. The van der Waals surface area contributed by atoms with E-state index in [4.69, 9.17) is 0 Å². The molecule has 0 spiro atoms. The number of hydrogen-bond acceptors (Lipinski definition) is 2. The first-order valence-corrected chi connectivity index (χ1v) is 6.93. The molecule has 0 aliphatic heterocycles. The predicted molar refractivity (Wildman–Crippen MR) is 74.4 cm³/mol. The Hall–Kier alpha value is -1.46. The van der Waals surface area contributed by atoms with Crippen molar-refractivity contribution < 1.29 is 13.2 Å². The third-order valence-corrected chi connectivity index (χ3v) is 4.13. The maximum atomic E-state index is 14.0. The Morgan fingerprint density at radius 1 is 1.00 bits per heavy atom. The van der Waals surface area contributed by atoms with Gasteiger partial charge in [-0.1, -0.05) is 23.9 Å². The van der Waals surface area contributed by atoms with Crippen molar-refractivity contribution in [3.05, 3.63) is 59.4 Å². The van der Waals surface area contributed by atoms with Crippen LogP contribution in [0.3, 0.4) is 0 Å². The van der Waals surface area contributed by atoms with Crippen molar-refractivity contribution in [3.8, 4) is 0 Å². The fourth-order valence-electron chi connectivity index (χ4n) is 1.79. The molecule has 2 aromatic rings. The minimum absolute atomic E-state index is 0.0431. The highest BCUT2D eigenvalue weighted by molar-refractivity contribution is 7.99. The minimum Gasteiger partial charge on any atom is -0.313 e. The van der Waals surface area contributed by atoms with Crippen LogP contribution in [-0.2, 0) is 0 Å². The molecular formula is C15H14F3NS. The second-order valence-electron chi connectivity index (χ2n) is 4.35. The van der Waals surface area contributed by atoms with Crippen molar-refractivity contribution in [1.29, 1.82) is 0 Å². The fraction of sp³-hybridized carbons (Fsp3) is 0.200. The third-order valence-electron chi connectivity index (χ3n) is 3.01. The molecule has 1 nitrogen and oxygen atoms in total. The maximum absolute atomic E-state index is 14.0. The van der Waals surface area contributed by atoms with Crippen LogP contribution in [0, 0.1) is 17.5 Å². The van der Waals surface area contributed by atoms with Gasteiger partial charge in [-0.05, 0) is 43.8 Å². The Balaban J connectivity index is 2.39. The zero-order valence-electron chi connectivity index (χ0n) is 11.1. The summed E-state index contributed by atoms with van der Waals surface area (Å²) in [6.45, 7) is 1.91. The first kappa shape index (κ1) is 14.9. The van der Waals surface area contributed by atoms with E-state index in [1.165, 1.54) is 12.1 Å². The summed E-state index contributed by atoms with van der Waals surface area (Å²) in [5, 5.41) is 3.04. The highest BCUT2D eigenvalue weighted by Gasteiger charge is 2.15. The number of hydrogen-bond donors (Lipinski definition) is 1. The summed E-state index contributed by atoms with van der Waals surface area (Å²) in [5.74, 6) is -2.22. The lowest BCUT2D eigenvalue weighted by Gasteiger charge is -2.16. The van der Waals surface area contributed by atoms with Crippen LogP contribution in [0.15, 0.2) is 46.2 Å². The highest BCUT2D eigenvalue weighted by Crippen LogP contribution is 2.35. The Kier molecular flexibility index (Phi) is 4.73. The molecule has 0 aliphatic rings. The number of nitrogens with one attached hydrogen (secondary N) is 1. The van der Waals surface area contributed by atoms with Gasteiger partial charge in [0.2, 0.25) is 0 Å². The average Bonchev–Trinajstić information content (AvgIpc) is 2.44. The molecule has 0 saturated heterocycles. The molecular weight excluding hydrogens is 283 g/mol. The van der Waals surface area contributed by atoms with Crippen molar-refractivity contribution in [2.24, 2.45) is 0 Å². The molecule has 0 saturated carbocycles. The quantitative estimate of drug-likeness (QED) is 0.889. The predicted octanol–water partition coefficient (Wildman–Crippen LogP) is 4.54. The topological polar surface area (TPSA) is 12.0 Å². The van der Waals surface area contributed by atoms with E-state index in [0.29, 0.717) is 9.79 Å². The van der Waals surface area contributed by atoms with Gasteiger partial charge >= 0.3 is 0 Å². The van der Waals surface area contributed by atoms with Gasteiger partial charge in [0.05, 0.1) is 4.90 Å². The monoisotopic (exact) mass is 297 g/mol. The third kappa shape index (κ3) is 3.16. The van der Waals surface area contributed by atoms with Crippen molar-refractivity contribution in [3.63, 3.8) is 0 Å². The molecule has 0 aromatic heterocycles. The zero-order valence-corrected chi connectivity index (χ0v) is 11.9. The zero-order chi connectivity index (χ0) is 14.7. The summed E-state index contributed by atoms with van der Waals surface area (Å²) in [5.41, 5.74) is 0.780. The summed E-state index contributed by atoms with van der Waals surface area (Å²) < 4.78 is 40.1. The van der Waals surface area contributed by atoms with Crippen molar-refractivity contribution in [2.75, 3.05) is 7.05 Å². The first-order valence-electron chi connectivity index (χ1n) is 6.11. The molecule has 0 fully saturated rings.